The van der Waals surface area contributed by atoms with Gasteiger partial charge in [-0.25, -0.2) is 0 Å². The van der Waals surface area contributed by atoms with Gasteiger partial charge in [0.05, 0.1) is 5.41 Å². The average molecular weight is 502 g/mol. The molecular formula is C38H31N. The number of fused-ring (bicyclic) bond motifs is 8. The lowest BCUT2D eigenvalue weighted by Crippen LogP contribution is -2.26. The first-order chi connectivity index (χ1) is 19.3. The predicted octanol–water partition coefficient (Wildman–Crippen LogP) is 9.77. The molecule has 3 aliphatic carbocycles. The molecule has 0 fully saturated rings. The van der Waals surface area contributed by atoms with Crippen LogP contribution in [-0.4, -0.2) is 0 Å². The molecule has 0 bridgehead atoms. The van der Waals surface area contributed by atoms with Gasteiger partial charge in [0.2, 0.25) is 0 Å². The highest BCUT2D eigenvalue weighted by molar-refractivity contribution is 5.92. The zero-order valence-corrected chi connectivity index (χ0v) is 22.3. The molecule has 0 N–H and O–H groups in total. The maximum atomic E-state index is 2.50. The van der Waals surface area contributed by atoms with Crippen LogP contribution >= 0.6 is 0 Å². The van der Waals surface area contributed by atoms with E-state index < -0.39 is 0 Å². The lowest BCUT2D eigenvalue weighted by molar-refractivity contribution is 0.686. The molecule has 0 unspecified atom stereocenters. The smallest absolute Gasteiger partial charge is 0.0680 e. The lowest BCUT2D eigenvalue weighted by atomic mass is 9.70. The van der Waals surface area contributed by atoms with Crippen LogP contribution in [0.1, 0.15) is 53.1 Å². The number of anilines is 3. The number of rotatable bonds is 3. The quantitative estimate of drug-likeness (QED) is 0.238. The van der Waals surface area contributed by atoms with Crippen LogP contribution < -0.4 is 4.90 Å². The fourth-order valence-electron chi connectivity index (χ4n) is 7.61. The fourth-order valence-corrected chi connectivity index (χ4v) is 7.61. The molecule has 0 saturated carbocycles. The fraction of sp³-hybridized carbons (Fsp3) is 0.158. The first-order valence-corrected chi connectivity index (χ1v) is 14.3. The summed E-state index contributed by atoms with van der Waals surface area (Å²) in [6.45, 7) is 2.32. The molecule has 5 aromatic carbocycles. The van der Waals surface area contributed by atoms with Crippen molar-refractivity contribution in [1.29, 1.82) is 0 Å². The number of hydrogen-bond donors (Lipinski definition) is 0. The minimum Gasteiger partial charge on any atom is -0.310 e. The number of benzene rings is 5. The molecule has 1 nitrogen and oxygen atoms in total. The minimum absolute atomic E-state index is 0.253. The van der Waals surface area contributed by atoms with E-state index >= 15 is 0 Å². The van der Waals surface area contributed by atoms with Crippen molar-refractivity contribution in [2.24, 2.45) is 0 Å². The van der Waals surface area contributed by atoms with E-state index in [-0.39, 0.29) is 5.41 Å². The van der Waals surface area contributed by atoms with Crippen LogP contribution in [0.3, 0.4) is 0 Å². The van der Waals surface area contributed by atoms with Crippen LogP contribution in [0, 0.1) is 0 Å². The summed E-state index contributed by atoms with van der Waals surface area (Å²) < 4.78 is 0. The molecule has 3 aliphatic rings. The first-order valence-electron chi connectivity index (χ1n) is 14.3. The summed E-state index contributed by atoms with van der Waals surface area (Å²) in [5.74, 6) is 0. The van der Waals surface area contributed by atoms with Crippen LogP contribution in [0.25, 0.3) is 17.2 Å². The molecule has 0 amide bonds. The molecule has 1 spiro atoms. The predicted molar refractivity (Wildman–Crippen MR) is 163 cm³/mol. The Morgan fingerprint density at radius 1 is 0.590 bits per heavy atom. The van der Waals surface area contributed by atoms with Gasteiger partial charge in [0, 0.05) is 17.1 Å². The summed E-state index contributed by atoms with van der Waals surface area (Å²) in [6, 6.07) is 43.0. The second kappa shape index (κ2) is 8.58. The highest BCUT2D eigenvalue weighted by Gasteiger charge is 2.49. The summed E-state index contributed by atoms with van der Waals surface area (Å²) in [5.41, 5.74) is 16.2. The maximum absolute atomic E-state index is 2.50. The van der Waals surface area contributed by atoms with E-state index in [4.69, 9.17) is 0 Å². The maximum Gasteiger partial charge on any atom is 0.0680 e. The van der Waals surface area contributed by atoms with Gasteiger partial charge in [-0.2, -0.15) is 0 Å². The van der Waals surface area contributed by atoms with Crippen LogP contribution in [0.2, 0.25) is 0 Å². The van der Waals surface area contributed by atoms with Gasteiger partial charge < -0.3 is 4.90 Å². The van der Waals surface area contributed by atoms with Crippen LogP contribution in [0.4, 0.5) is 17.1 Å². The summed E-state index contributed by atoms with van der Waals surface area (Å²) in [4.78, 5) is 2.50. The second-order valence-corrected chi connectivity index (χ2v) is 11.2. The molecule has 5 aromatic rings. The van der Waals surface area contributed by atoms with Gasteiger partial charge in [0.1, 0.15) is 0 Å². The van der Waals surface area contributed by atoms with E-state index in [1.165, 1.54) is 86.4 Å². The highest BCUT2D eigenvalue weighted by atomic mass is 15.1. The Labute approximate surface area is 231 Å². The summed E-state index contributed by atoms with van der Waals surface area (Å²) >= 11 is 0. The normalized spacial score (nSPS) is 15.8. The zero-order valence-electron chi connectivity index (χ0n) is 22.3. The van der Waals surface area contributed by atoms with E-state index in [1.807, 2.05) is 0 Å². The lowest BCUT2D eigenvalue weighted by Gasteiger charge is -2.34. The third-order valence-electron chi connectivity index (χ3n) is 9.24. The van der Waals surface area contributed by atoms with Crippen molar-refractivity contribution in [2.75, 3.05) is 4.90 Å². The Hall–Kier alpha value is -4.36. The van der Waals surface area contributed by atoms with Crippen LogP contribution in [-0.2, 0) is 18.3 Å². The molecule has 8 rings (SSSR count). The molecule has 188 valence electrons. The van der Waals surface area contributed by atoms with Crippen LogP contribution in [0.15, 0.2) is 121 Å². The Balaban J connectivity index is 1.39. The molecular weight excluding hydrogens is 470 g/mol. The molecule has 0 saturated heterocycles. The molecule has 0 radical (unpaired) electrons. The van der Waals surface area contributed by atoms with E-state index in [0.29, 0.717) is 0 Å². The van der Waals surface area contributed by atoms with Crippen molar-refractivity contribution in [3.05, 3.63) is 154 Å². The topological polar surface area (TPSA) is 3.24 Å². The Morgan fingerprint density at radius 3 is 2.05 bits per heavy atom. The van der Waals surface area contributed by atoms with Gasteiger partial charge in [-0.15, -0.1) is 0 Å². The van der Waals surface area contributed by atoms with E-state index in [1.54, 1.807) is 0 Å². The van der Waals surface area contributed by atoms with Gasteiger partial charge in [-0.3, -0.25) is 0 Å². The van der Waals surface area contributed by atoms with Crippen molar-refractivity contribution < 1.29 is 0 Å². The van der Waals surface area contributed by atoms with Crippen molar-refractivity contribution >= 4 is 23.1 Å². The van der Waals surface area contributed by atoms with Gasteiger partial charge in [0.25, 0.3) is 0 Å². The van der Waals surface area contributed by atoms with E-state index in [2.05, 4.69) is 133 Å². The molecule has 39 heavy (non-hydrogen) atoms. The molecule has 0 aliphatic heterocycles. The standard InChI is InChI=1S/C38H31N/c1-26-24-28-22-23-30(25-36(28)38(26)34-19-9-7-17-32(34)33-18-8-10-20-35(33)38)39(29-14-3-2-4-15-29)37-21-11-13-27-12-5-6-16-31(27)37/h2-4,7-11,13-15,17-25H,5-6,12,16H2,1H3. The van der Waals surface area contributed by atoms with Gasteiger partial charge in [0.15, 0.2) is 0 Å². The van der Waals surface area contributed by atoms with E-state index in [0.717, 1.165) is 6.42 Å². The number of allylic oxidation sites excluding steroid dienone is 1. The van der Waals surface area contributed by atoms with Crippen LogP contribution in [0.5, 0.6) is 0 Å². The third kappa shape index (κ3) is 3.14. The molecule has 0 heterocycles. The number of para-hydroxylation sites is 1. The first kappa shape index (κ1) is 22.6. The van der Waals surface area contributed by atoms with Crippen molar-refractivity contribution in [3.63, 3.8) is 0 Å². The number of hydrogen-bond acceptors (Lipinski definition) is 1. The van der Waals surface area contributed by atoms with E-state index in [9.17, 15) is 0 Å². The van der Waals surface area contributed by atoms with Crippen molar-refractivity contribution in [1.82, 2.24) is 0 Å². The van der Waals surface area contributed by atoms with Gasteiger partial charge in [-0.1, -0.05) is 96.6 Å². The Bertz CT molecular complexity index is 1730. The highest BCUT2D eigenvalue weighted by Crippen LogP contribution is 2.60. The zero-order chi connectivity index (χ0) is 26.0. The van der Waals surface area contributed by atoms with Gasteiger partial charge in [-0.05, 0) is 107 Å². The summed E-state index contributed by atoms with van der Waals surface area (Å²) in [7, 11) is 0. The summed E-state index contributed by atoms with van der Waals surface area (Å²) in [6.07, 6.45) is 7.28. The summed E-state index contributed by atoms with van der Waals surface area (Å²) in [5, 5.41) is 0. The largest absolute Gasteiger partial charge is 0.310 e. The number of nitrogens with zero attached hydrogens (tertiary/aromatic N) is 1. The number of aryl methyl sites for hydroxylation is 1. The molecule has 1 heteroatoms. The van der Waals surface area contributed by atoms with Crippen molar-refractivity contribution in [2.45, 2.75) is 38.0 Å². The second-order valence-electron chi connectivity index (χ2n) is 11.2. The molecule has 0 atom stereocenters. The third-order valence-corrected chi connectivity index (χ3v) is 9.24. The SMILES string of the molecule is CC1=Cc2ccc(N(c3ccccc3)c3cccc4c3CCCC4)cc2C12c1ccccc1-c1ccccc12. The minimum atomic E-state index is -0.253. The van der Waals surface area contributed by atoms with Gasteiger partial charge >= 0.3 is 0 Å². The average Bonchev–Trinajstić information content (AvgIpc) is 3.46. The Morgan fingerprint density at radius 2 is 1.28 bits per heavy atom. The monoisotopic (exact) mass is 501 g/mol. The molecule has 0 aromatic heterocycles. The Kier molecular flexibility index (Phi) is 4.97. The van der Waals surface area contributed by atoms with Crippen molar-refractivity contribution in [3.8, 4) is 11.1 Å².